The van der Waals surface area contributed by atoms with Crippen LogP contribution in [0, 0.1) is 13.8 Å². The van der Waals surface area contributed by atoms with Crippen molar-refractivity contribution in [3.63, 3.8) is 0 Å². The number of benzene rings is 1. The molecule has 7 heteroatoms. The maximum Gasteiger partial charge on any atom is 0.226 e. The number of H-pyrrole nitrogens is 1. The molecule has 1 atom stereocenters. The first-order valence-corrected chi connectivity index (χ1v) is 9.65. The molecule has 0 amide bonds. The van der Waals surface area contributed by atoms with E-state index in [2.05, 4.69) is 45.1 Å². The number of nitrogens with zero attached hydrogens (tertiary/aromatic N) is 6. The Bertz CT molecular complexity index is 1160. The summed E-state index contributed by atoms with van der Waals surface area (Å²) in [6.07, 6.45) is 5.98. The zero-order chi connectivity index (χ0) is 19.3. The number of imidazole rings is 1. The normalized spacial score (nSPS) is 17.0. The molecular weight excluding hydrogens is 350 g/mol. The van der Waals surface area contributed by atoms with Crippen LogP contribution < -0.4 is 4.90 Å². The highest BCUT2D eigenvalue weighted by atomic mass is 15.3. The van der Waals surface area contributed by atoms with E-state index in [9.17, 15) is 0 Å². The quantitative estimate of drug-likeness (QED) is 0.592. The van der Waals surface area contributed by atoms with E-state index in [0.29, 0.717) is 0 Å². The molecule has 0 radical (unpaired) electrons. The van der Waals surface area contributed by atoms with Crippen molar-refractivity contribution >= 4 is 17.0 Å². The Labute approximate surface area is 163 Å². The SMILES string of the molecule is Cc1nn(C)cc1-c1ccnc(N2CCCC2c2nc3c(C)cccc3[nH]2)n1. The van der Waals surface area contributed by atoms with Crippen molar-refractivity contribution < 1.29 is 0 Å². The van der Waals surface area contributed by atoms with E-state index in [0.717, 1.165) is 59.1 Å². The summed E-state index contributed by atoms with van der Waals surface area (Å²) >= 11 is 0. The number of fused-ring (bicyclic) bond motifs is 1. The number of anilines is 1. The van der Waals surface area contributed by atoms with Crippen molar-refractivity contribution in [2.24, 2.45) is 7.05 Å². The van der Waals surface area contributed by atoms with Gasteiger partial charge in [0.15, 0.2) is 0 Å². The molecule has 1 aliphatic heterocycles. The van der Waals surface area contributed by atoms with Crippen LogP contribution >= 0.6 is 0 Å². The molecule has 0 aliphatic carbocycles. The summed E-state index contributed by atoms with van der Waals surface area (Å²) in [7, 11) is 1.93. The maximum atomic E-state index is 4.90. The van der Waals surface area contributed by atoms with Crippen LogP contribution in [-0.4, -0.2) is 36.3 Å². The largest absolute Gasteiger partial charge is 0.340 e. The first kappa shape index (κ1) is 16.9. The Morgan fingerprint density at radius 1 is 1.14 bits per heavy atom. The van der Waals surface area contributed by atoms with E-state index < -0.39 is 0 Å². The first-order chi connectivity index (χ1) is 13.6. The van der Waals surface area contributed by atoms with Gasteiger partial charge >= 0.3 is 0 Å². The summed E-state index contributed by atoms with van der Waals surface area (Å²) in [4.78, 5) is 20.1. The standard InChI is InChI=1S/C21H23N7/c1-13-6-4-7-17-19(13)25-20(23-17)18-8-5-11-28(18)21-22-10-9-16(24-21)15-12-27(3)26-14(15)2/h4,6-7,9-10,12,18H,5,8,11H2,1-3H3,(H,23,25). The summed E-state index contributed by atoms with van der Waals surface area (Å²) in [5, 5.41) is 4.44. The summed E-state index contributed by atoms with van der Waals surface area (Å²) < 4.78 is 1.82. The highest BCUT2D eigenvalue weighted by Crippen LogP contribution is 2.35. The first-order valence-electron chi connectivity index (χ1n) is 9.65. The summed E-state index contributed by atoms with van der Waals surface area (Å²) in [5.41, 5.74) is 6.24. The topological polar surface area (TPSA) is 75.5 Å². The van der Waals surface area contributed by atoms with E-state index in [1.807, 2.05) is 37.1 Å². The summed E-state index contributed by atoms with van der Waals surface area (Å²) in [6, 6.07) is 8.36. The fraction of sp³-hybridized carbons (Fsp3) is 0.333. The molecule has 7 nitrogen and oxygen atoms in total. The predicted molar refractivity (Wildman–Crippen MR) is 109 cm³/mol. The third-order valence-electron chi connectivity index (χ3n) is 5.49. The molecule has 28 heavy (non-hydrogen) atoms. The van der Waals surface area contributed by atoms with Gasteiger partial charge in [0.1, 0.15) is 5.82 Å². The molecule has 4 aromatic rings. The van der Waals surface area contributed by atoms with Gasteiger partial charge in [-0.3, -0.25) is 4.68 Å². The monoisotopic (exact) mass is 373 g/mol. The minimum Gasteiger partial charge on any atom is -0.340 e. The molecule has 142 valence electrons. The molecule has 4 heterocycles. The van der Waals surface area contributed by atoms with Gasteiger partial charge in [0.2, 0.25) is 5.95 Å². The van der Waals surface area contributed by atoms with Gasteiger partial charge in [-0.05, 0) is 44.4 Å². The summed E-state index contributed by atoms with van der Waals surface area (Å²) in [5.74, 6) is 1.74. The molecule has 0 bridgehead atoms. The Morgan fingerprint density at radius 3 is 2.82 bits per heavy atom. The second kappa shape index (κ2) is 6.44. The molecule has 1 N–H and O–H groups in total. The van der Waals surface area contributed by atoms with Crippen LogP contribution in [0.15, 0.2) is 36.7 Å². The van der Waals surface area contributed by atoms with Crippen molar-refractivity contribution in [3.8, 4) is 11.3 Å². The van der Waals surface area contributed by atoms with Gasteiger partial charge in [-0.25, -0.2) is 15.0 Å². The highest BCUT2D eigenvalue weighted by Gasteiger charge is 2.31. The molecular formula is C21H23N7. The Hall–Kier alpha value is -3.22. The number of hydrogen-bond acceptors (Lipinski definition) is 5. The van der Waals surface area contributed by atoms with Crippen LogP contribution in [0.1, 0.15) is 36.0 Å². The number of rotatable bonds is 3. The van der Waals surface area contributed by atoms with E-state index in [4.69, 9.17) is 9.97 Å². The lowest BCUT2D eigenvalue weighted by molar-refractivity contribution is 0.665. The van der Waals surface area contributed by atoms with Gasteiger partial charge in [0.25, 0.3) is 0 Å². The molecule has 0 spiro atoms. The number of hydrogen-bond donors (Lipinski definition) is 1. The second-order valence-electron chi connectivity index (χ2n) is 7.49. The van der Waals surface area contributed by atoms with E-state index in [1.54, 1.807) is 0 Å². The van der Waals surface area contributed by atoms with Crippen LogP contribution in [0.4, 0.5) is 5.95 Å². The zero-order valence-corrected chi connectivity index (χ0v) is 16.3. The Balaban J connectivity index is 1.52. The number of aromatic nitrogens is 6. The predicted octanol–water partition coefficient (Wildman–Crippen LogP) is 3.71. The van der Waals surface area contributed by atoms with Gasteiger partial charge in [-0.1, -0.05) is 12.1 Å². The highest BCUT2D eigenvalue weighted by molar-refractivity contribution is 5.78. The van der Waals surface area contributed by atoms with Crippen molar-refractivity contribution in [3.05, 3.63) is 53.7 Å². The summed E-state index contributed by atoms with van der Waals surface area (Å²) in [6.45, 7) is 5.03. The maximum absolute atomic E-state index is 4.90. The molecule has 1 aromatic carbocycles. The smallest absolute Gasteiger partial charge is 0.226 e. The fourth-order valence-corrected chi connectivity index (χ4v) is 4.13. The molecule has 1 aliphatic rings. The van der Waals surface area contributed by atoms with Crippen molar-refractivity contribution in [1.82, 2.24) is 29.7 Å². The third kappa shape index (κ3) is 2.74. The lowest BCUT2D eigenvalue weighted by Crippen LogP contribution is -2.25. The van der Waals surface area contributed by atoms with Crippen molar-refractivity contribution in [2.45, 2.75) is 32.7 Å². The number of aryl methyl sites for hydroxylation is 3. The minimum atomic E-state index is 0.164. The van der Waals surface area contributed by atoms with Gasteiger partial charge < -0.3 is 9.88 Å². The minimum absolute atomic E-state index is 0.164. The third-order valence-corrected chi connectivity index (χ3v) is 5.49. The van der Waals surface area contributed by atoms with E-state index >= 15 is 0 Å². The van der Waals surface area contributed by atoms with Crippen LogP contribution in [-0.2, 0) is 7.05 Å². The molecule has 1 unspecified atom stereocenters. The lowest BCUT2D eigenvalue weighted by atomic mass is 10.2. The van der Waals surface area contributed by atoms with Gasteiger partial charge in [0, 0.05) is 31.5 Å². The molecule has 3 aromatic heterocycles. The van der Waals surface area contributed by atoms with Gasteiger partial charge in [-0.15, -0.1) is 0 Å². The Morgan fingerprint density at radius 2 is 2.04 bits per heavy atom. The fourth-order valence-electron chi connectivity index (χ4n) is 4.13. The molecule has 5 rings (SSSR count). The van der Waals surface area contributed by atoms with Crippen molar-refractivity contribution in [2.75, 3.05) is 11.4 Å². The van der Waals surface area contributed by atoms with Gasteiger partial charge in [0.05, 0.1) is 28.5 Å². The van der Waals surface area contributed by atoms with E-state index in [1.165, 1.54) is 5.56 Å². The second-order valence-corrected chi connectivity index (χ2v) is 7.49. The Kier molecular flexibility index (Phi) is 3.89. The van der Waals surface area contributed by atoms with Crippen LogP contribution in [0.25, 0.3) is 22.3 Å². The van der Waals surface area contributed by atoms with E-state index in [-0.39, 0.29) is 6.04 Å². The van der Waals surface area contributed by atoms with Crippen LogP contribution in [0.3, 0.4) is 0 Å². The zero-order valence-electron chi connectivity index (χ0n) is 16.3. The van der Waals surface area contributed by atoms with Gasteiger partial charge in [-0.2, -0.15) is 5.10 Å². The van der Waals surface area contributed by atoms with Crippen LogP contribution in [0.2, 0.25) is 0 Å². The molecule has 1 fully saturated rings. The average Bonchev–Trinajstić information content (AvgIpc) is 3.40. The van der Waals surface area contributed by atoms with Crippen LogP contribution in [0.5, 0.6) is 0 Å². The molecule has 0 saturated carbocycles. The number of para-hydroxylation sites is 1. The average molecular weight is 373 g/mol. The lowest BCUT2D eigenvalue weighted by Gasteiger charge is -2.23. The number of aromatic amines is 1. The van der Waals surface area contributed by atoms with Crippen molar-refractivity contribution in [1.29, 1.82) is 0 Å². The number of nitrogens with one attached hydrogen (secondary N) is 1. The molecule has 1 saturated heterocycles.